The number of para-hydroxylation sites is 1. The number of Topliss-reactive ketones (excluding diaryl/α,β-unsaturated/α-hetero) is 1. The zero-order chi connectivity index (χ0) is 17.7. The van der Waals surface area contributed by atoms with Gasteiger partial charge in [0.25, 0.3) is 0 Å². The van der Waals surface area contributed by atoms with Crippen LogP contribution in [-0.4, -0.2) is 33.0 Å². The summed E-state index contributed by atoms with van der Waals surface area (Å²) in [6.45, 7) is -0.660. The minimum atomic E-state index is -3.59. The fourth-order valence-electron chi connectivity index (χ4n) is 1.92. The second-order valence-corrected chi connectivity index (χ2v) is 6.65. The van der Waals surface area contributed by atoms with Gasteiger partial charge in [0.15, 0.2) is 6.61 Å². The maximum Gasteiger partial charge on any atom is 0.340 e. The Hall–Kier alpha value is -2.74. The molecule has 126 valence electrons. The molecule has 2 rings (SSSR count). The Bertz CT molecular complexity index is 880. The molecule has 8 heteroatoms. The van der Waals surface area contributed by atoms with Crippen molar-refractivity contribution in [3.05, 3.63) is 65.5 Å². The first-order valence-corrected chi connectivity index (χ1v) is 8.69. The maximum atomic E-state index is 13.5. The molecule has 0 aliphatic heterocycles. The van der Waals surface area contributed by atoms with Crippen molar-refractivity contribution in [1.29, 1.82) is 0 Å². The number of carbonyl (C=O) groups excluding carboxylic acids is 2. The van der Waals surface area contributed by atoms with Gasteiger partial charge in [0.1, 0.15) is 5.82 Å². The van der Waals surface area contributed by atoms with Crippen LogP contribution in [0.1, 0.15) is 20.7 Å². The average Bonchev–Trinajstić information content (AvgIpc) is 2.51. The third-order valence-electron chi connectivity index (χ3n) is 2.95. The van der Waals surface area contributed by atoms with Crippen LogP contribution in [0.2, 0.25) is 0 Å². The van der Waals surface area contributed by atoms with Gasteiger partial charge in [-0.15, -0.1) is 0 Å². The van der Waals surface area contributed by atoms with Crippen molar-refractivity contribution in [2.45, 2.75) is 0 Å². The standard InChI is InChI=1S/C16H14FNO5S/c1-24(21,22)18-14-9-5-3-7-12(14)16(20)23-10-15(19)11-6-2-4-8-13(11)17/h2-9,18H,10H2,1H3. The zero-order valence-electron chi connectivity index (χ0n) is 12.7. The van der Waals surface area contributed by atoms with E-state index in [-0.39, 0.29) is 16.8 Å². The van der Waals surface area contributed by atoms with Crippen LogP contribution >= 0.6 is 0 Å². The molecule has 0 unspecified atom stereocenters. The van der Waals surface area contributed by atoms with Crippen LogP contribution in [0, 0.1) is 5.82 Å². The van der Waals surface area contributed by atoms with E-state index in [1.165, 1.54) is 42.5 Å². The third kappa shape index (κ3) is 4.63. The second kappa shape index (κ2) is 7.22. The van der Waals surface area contributed by atoms with Gasteiger partial charge in [0.05, 0.1) is 23.1 Å². The molecule has 0 spiro atoms. The van der Waals surface area contributed by atoms with Gasteiger partial charge >= 0.3 is 5.97 Å². The highest BCUT2D eigenvalue weighted by Gasteiger charge is 2.18. The Labute approximate surface area is 138 Å². The van der Waals surface area contributed by atoms with E-state index in [2.05, 4.69) is 4.72 Å². The number of benzene rings is 2. The Balaban J connectivity index is 2.11. The van der Waals surface area contributed by atoms with E-state index in [0.29, 0.717) is 0 Å². The molecule has 0 atom stereocenters. The van der Waals surface area contributed by atoms with Crippen molar-refractivity contribution in [3.63, 3.8) is 0 Å². The first kappa shape index (κ1) is 17.6. The van der Waals surface area contributed by atoms with Crippen LogP contribution in [0.5, 0.6) is 0 Å². The van der Waals surface area contributed by atoms with Crippen molar-refractivity contribution in [2.24, 2.45) is 0 Å². The third-order valence-corrected chi connectivity index (χ3v) is 3.54. The lowest BCUT2D eigenvalue weighted by atomic mass is 10.1. The Morgan fingerprint density at radius 1 is 1.04 bits per heavy atom. The number of anilines is 1. The van der Waals surface area contributed by atoms with Crippen LogP contribution in [0.4, 0.5) is 10.1 Å². The summed E-state index contributed by atoms with van der Waals surface area (Å²) in [5.41, 5.74) is -0.208. The first-order chi connectivity index (χ1) is 11.3. The van der Waals surface area contributed by atoms with Gasteiger partial charge in [-0.25, -0.2) is 17.6 Å². The fourth-order valence-corrected chi connectivity index (χ4v) is 2.50. The molecule has 0 aliphatic carbocycles. The summed E-state index contributed by atoms with van der Waals surface area (Å²) in [7, 11) is -3.59. The molecule has 0 heterocycles. The molecule has 24 heavy (non-hydrogen) atoms. The summed E-state index contributed by atoms with van der Waals surface area (Å²) < 4.78 is 43.2. The Morgan fingerprint density at radius 3 is 2.25 bits per heavy atom. The number of esters is 1. The molecule has 0 aromatic heterocycles. The van der Waals surface area contributed by atoms with E-state index in [0.717, 1.165) is 12.3 Å². The van der Waals surface area contributed by atoms with Gasteiger partial charge in [-0.05, 0) is 24.3 Å². The van der Waals surface area contributed by atoms with Crippen molar-refractivity contribution in [2.75, 3.05) is 17.6 Å². The van der Waals surface area contributed by atoms with E-state index in [9.17, 15) is 22.4 Å². The maximum absolute atomic E-state index is 13.5. The number of ketones is 1. The quantitative estimate of drug-likeness (QED) is 0.637. The molecule has 0 aliphatic rings. The molecular formula is C16H14FNO5S. The average molecular weight is 351 g/mol. The van der Waals surface area contributed by atoms with Gasteiger partial charge in [-0.1, -0.05) is 24.3 Å². The number of hydrogen-bond donors (Lipinski definition) is 1. The number of halogens is 1. The van der Waals surface area contributed by atoms with Crippen LogP contribution < -0.4 is 4.72 Å². The molecule has 1 N–H and O–H groups in total. The second-order valence-electron chi connectivity index (χ2n) is 4.90. The molecule has 0 amide bonds. The summed E-state index contributed by atoms with van der Waals surface area (Å²) in [6.07, 6.45) is 0.941. The largest absolute Gasteiger partial charge is 0.454 e. The molecule has 0 bridgehead atoms. The van der Waals surface area contributed by atoms with Crippen molar-refractivity contribution >= 4 is 27.5 Å². The fraction of sp³-hybridized carbons (Fsp3) is 0.125. The van der Waals surface area contributed by atoms with E-state index in [4.69, 9.17) is 4.74 Å². The summed E-state index contributed by atoms with van der Waals surface area (Å²) in [4.78, 5) is 24.0. The molecule has 0 fully saturated rings. The van der Waals surface area contributed by atoms with Crippen LogP contribution in [-0.2, 0) is 14.8 Å². The molecule has 0 radical (unpaired) electrons. The van der Waals surface area contributed by atoms with Crippen LogP contribution in [0.3, 0.4) is 0 Å². The SMILES string of the molecule is CS(=O)(=O)Nc1ccccc1C(=O)OCC(=O)c1ccccc1F. The van der Waals surface area contributed by atoms with Gasteiger partial charge in [-0.2, -0.15) is 0 Å². The van der Waals surface area contributed by atoms with Gasteiger partial charge < -0.3 is 4.74 Å². The normalized spacial score (nSPS) is 10.9. The van der Waals surface area contributed by atoms with E-state index in [1.54, 1.807) is 0 Å². The van der Waals surface area contributed by atoms with Gasteiger partial charge in [0.2, 0.25) is 15.8 Å². The number of hydrogen-bond acceptors (Lipinski definition) is 5. The predicted molar refractivity (Wildman–Crippen MR) is 85.9 cm³/mol. The molecule has 6 nitrogen and oxygen atoms in total. The van der Waals surface area contributed by atoms with Gasteiger partial charge in [-0.3, -0.25) is 9.52 Å². The van der Waals surface area contributed by atoms with Crippen molar-refractivity contribution < 1.29 is 27.1 Å². The zero-order valence-corrected chi connectivity index (χ0v) is 13.5. The summed E-state index contributed by atoms with van der Waals surface area (Å²) in [5.74, 6) is -2.31. The highest BCUT2D eigenvalue weighted by Crippen LogP contribution is 2.17. The first-order valence-electron chi connectivity index (χ1n) is 6.79. The smallest absolute Gasteiger partial charge is 0.340 e. The van der Waals surface area contributed by atoms with Gasteiger partial charge in [0, 0.05) is 0 Å². The van der Waals surface area contributed by atoms with E-state index < -0.39 is 34.2 Å². The lowest BCUT2D eigenvalue weighted by molar-refractivity contribution is 0.0474. The van der Waals surface area contributed by atoms with Crippen molar-refractivity contribution in [1.82, 2.24) is 0 Å². The predicted octanol–water partition coefficient (Wildman–Crippen LogP) is 2.24. The monoisotopic (exact) mass is 351 g/mol. The van der Waals surface area contributed by atoms with Crippen LogP contribution in [0.15, 0.2) is 48.5 Å². The minimum absolute atomic E-state index is 0.0309. The lowest BCUT2D eigenvalue weighted by Crippen LogP contribution is -2.18. The molecule has 2 aromatic rings. The number of sulfonamides is 1. The highest BCUT2D eigenvalue weighted by molar-refractivity contribution is 7.92. The number of carbonyl (C=O) groups is 2. The number of ether oxygens (including phenoxy) is 1. The molecule has 0 saturated carbocycles. The molecular weight excluding hydrogens is 337 g/mol. The van der Waals surface area contributed by atoms with E-state index >= 15 is 0 Å². The lowest BCUT2D eigenvalue weighted by Gasteiger charge is -2.10. The molecule has 0 saturated heterocycles. The van der Waals surface area contributed by atoms with Crippen LogP contribution in [0.25, 0.3) is 0 Å². The minimum Gasteiger partial charge on any atom is -0.454 e. The summed E-state index contributed by atoms with van der Waals surface area (Å²) in [6, 6.07) is 11.1. The highest BCUT2D eigenvalue weighted by atomic mass is 32.2. The summed E-state index contributed by atoms with van der Waals surface area (Å²) in [5, 5.41) is 0. The Kier molecular flexibility index (Phi) is 5.30. The van der Waals surface area contributed by atoms with Crippen molar-refractivity contribution in [3.8, 4) is 0 Å². The Morgan fingerprint density at radius 2 is 1.62 bits per heavy atom. The summed E-state index contributed by atoms with van der Waals surface area (Å²) >= 11 is 0. The number of rotatable bonds is 6. The van der Waals surface area contributed by atoms with E-state index in [1.807, 2.05) is 0 Å². The topological polar surface area (TPSA) is 89.5 Å². The molecule has 2 aromatic carbocycles. The number of nitrogens with one attached hydrogen (secondary N) is 1.